The lowest BCUT2D eigenvalue weighted by molar-refractivity contribution is -0.119. The van der Waals surface area contributed by atoms with Crippen LogP contribution in [0.5, 0.6) is 5.75 Å². The average Bonchev–Trinajstić information content (AvgIpc) is 3.06. The van der Waals surface area contributed by atoms with Crippen molar-refractivity contribution in [3.05, 3.63) is 47.3 Å². The molecule has 2 aromatic rings. The SMILES string of the molecule is COc1ccc2c(c1)CCCC2CC(=O)NS(=O)(=O)Cc1ccon1. The van der Waals surface area contributed by atoms with E-state index in [1.807, 2.05) is 18.2 Å². The van der Waals surface area contributed by atoms with Gasteiger partial charge in [0.15, 0.2) is 0 Å². The number of nitrogens with zero attached hydrogens (tertiary/aromatic N) is 1. The van der Waals surface area contributed by atoms with Crippen molar-refractivity contribution in [2.24, 2.45) is 0 Å². The molecule has 0 saturated carbocycles. The van der Waals surface area contributed by atoms with Gasteiger partial charge in [-0.1, -0.05) is 11.2 Å². The van der Waals surface area contributed by atoms with Crippen LogP contribution in [-0.4, -0.2) is 26.6 Å². The first kappa shape index (κ1) is 17.5. The van der Waals surface area contributed by atoms with Crippen LogP contribution in [0.4, 0.5) is 0 Å². The molecule has 7 nitrogen and oxygen atoms in total. The molecule has 1 atom stereocenters. The first-order chi connectivity index (χ1) is 12.0. The number of carbonyl (C=O) groups is 1. The van der Waals surface area contributed by atoms with Gasteiger partial charge >= 0.3 is 0 Å². The molecule has 0 saturated heterocycles. The van der Waals surface area contributed by atoms with E-state index >= 15 is 0 Å². The Balaban J connectivity index is 1.66. The largest absolute Gasteiger partial charge is 0.497 e. The molecule has 0 bridgehead atoms. The summed E-state index contributed by atoms with van der Waals surface area (Å²) >= 11 is 0. The topological polar surface area (TPSA) is 98.5 Å². The maximum Gasteiger partial charge on any atom is 0.240 e. The molecule has 1 heterocycles. The number of nitrogens with one attached hydrogen (secondary N) is 1. The van der Waals surface area contributed by atoms with Crippen LogP contribution in [0.25, 0.3) is 0 Å². The first-order valence-corrected chi connectivity index (χ1v) is 9.71. The molecule has 0 spiro atoms. The molecule has 1 unspecified atom stereocenters. The van der Waals surface area contributed by atoms with Crippen LogP contribution in [0, 0.1) is 0 Å². The number of ether oxygens (including phenoxy) is 1. The van der Waals surface area contributed by atoms with E-state index in [9.17, 15) is 13.2 Å². The average molecular weight is 364 g/mol. The normalized spacial score (nSPS) is 16.9. The van der Waals surface area contributed by atoms with Crippen LogP contribution < -0.4 is 9.46 Å². The quantitative estimate of drug-likeness (QED) is 0.843. The van der Waals surface area contributed by atoms with Gasteiger partial charge in [0.25, 0.3) is 0 Å². The van der Waals surface area contributed by atoms with Crippen molar-refractivity contribution in [1.82, 2.24) is 9.88 Å². The number of rotatable bonds is 6. The van der Waals surface area contributed by atoms with E-state index in [-0.39, 0.29) is 23.8 Å². The van der Waals surface area contributed by atoms with Crippen LogP contribution in [0.1, 0.15) is 42.0 Å². The van der Waals surface area contributed by atoms with Gasteiger partial charge in [-0.3, -0.25) is 9.52 Å². The molecule has 1 aromatic carbocycles. The monoisotopic (exact) mass is 364 g/mol. The fourth-order valence-electron chi connectivity index (χ4n) is 3.21. The van der Waals surface area contributed by atoms with Crippen LogP contribution in [-0.2, 0) is 27.0 Å². The molecule has 0 radical (unpaired) electrons. The predicted molar refractivity (Wildman–Crippen MR) is 90.6 cm³/mol. The lowest BCUT2D eigenvalue weighted by Gasteiger charge is -2.25. The summed E-state index contributed by atoms with van der Waals surface area (Å²) in [4.78, 5) is 12.2. The molecule has 1 N–H and O–H groups in total. The van der Waals surface area contributed by atoms with Gasteiger partial charge in [-0.15, -0.1) is 0 Å². The van der Waals surface area contributed by atoms with E-state index < -0.39 is 15.9 Å². The standard InChI is InChI=1S/C17H20N2O5S/c1-23-15-5-6-16-12(9-15)3-2-4-13(16)10-17(20)19-25(21,22)11-14-7-8-24-18-14/h5-9,13H,2-4,10-11H2,1H3,(H,19,20). The van der Waals surface area contributed by atoms with Gasteiger partial charge in [0.05, 0.1) is 7.11 Å². The number of hydrogen-bond acceptors (Lipinski definition) is 6. The van der Waals surface area contributed by atoms with E-state index in [1.165, 1.54) is 12.3 Å². The van der Waals surface area contributed by atoms with Crippen molar-refractivity contribution >= 4 is 15.9 Å². The Bertz CT molecular complexity index is 846. The number of hydrogen-bond donors (Lipinski definition) is 1. The molecule has 0 fully saturated rings. The molecular weight excluding hydrogens is 344 g/mol. The van der Waals surface area contributed by atoms with Crippen LogP contribution in [0.15, 0.2) is 35.1 Å². The zero-order valence-electron chi connectivity index (χ0n) is 13.9. The fourth-order valence-corrected chi connectivity index (χ4v) is 4.25. The number of benzene rings is 1. The van der Waals surface area contributed by atoms with Crippen LogP contribution in [0.2, 0.25) is 0 Å². The van der Waals surface area contributed by atoms with Crippen molar-refractivity contribution in [2.45, 2.75) is 37.4 Å². The maximum absolute atomic E-state index is 12.2. The Hall–Kier alpha value is -2.35. The summed E-state index contributed by atoms with van der Waals surface area (Å²) in [5.41, 5.74) is 2.51. The first-order valence-electron chi connectivity index (χ1n) is 8.06. The minimum Gasteiger partial charge on any atom is -0.497 e. The predicted octanol–water partition coefficient (Wildman–Crippen LogP) is 2.14. The van der Waals surface area contributed by atoms with Gasteiger partial charge in [-0.2, -0.15) is 0 Å². The van der Waals surface area contributed by atoms with Crippen molar-refractivity contribution in [3.63, 3.8) is 0 Å². The molecule has 3 rings (SSSR count). The number of aryl methyl sites for hydroxylation is 1. The Kier molecular flexibility index (Phi) is 5.08. The van der Waals surface area contributed by atoms with Crippen LogP contribution in [0.3, 0.4) is 0 Å². The summed E-state index contributed by atoms with van der Waals surface area (Å²) in [6, 6.07) is 7.28. The molecule has 1 amide bonds. The molecule has 1 aromatic heterocycles. The molecule has 0 aliphatic heterocycles. The van der Waals surface area contributed by atoms with E-state index in [1.54, 1.807) is 7.11 Å². The Morgan fingerprint density at radius 3 is 2.96 bits per heavy atom. The summed E-state index contributed by atoms with van der Waals surface area (Å²) < 4.78 is 36.1. The maximum atomic E-state index is 12.2. The molecule has 25 heavy (non-hydrogen) atoms. The van der Waals surface area contributed by atoms with Crippen molar-refractivity contribution in [3.8, 4) is 5.75 Å². The van der Waals surface area contributed by atoms with Gasteiger partial charge in [-0.25, -0.2) is 8.42 Å². The van der Waals surface area contributed by atoms with Gasteiger partial charge in [-0.05, 0) is 48.4 Å². The lowest BCUT2D eigenvalue weighted by Crippen LogP contribution is -2.33. The molecular formula is C17H20N2O5S. The lowest BCUT2D eigenvalue weighted by atomic mass is 9.81. The zero-order valence-corrected chi connectivity index (χ0v) is 14.7. The number of methoxy groups -OCH3 is 1. The van der Waals surface area contributed by atoms with Gasteiger partial charge in [0.1, 0.15) is 23.5 Å². The second-order valence-electron chi connectivity index (χ2n) is 6.13. The summed E-state index contributed by atoms with van der Waals surface area (Å²) in [6.45, 7) is 0. The van der Waals surface area contributed by atoms with E-state index in [0.29, 0.717) is 0 Å². The minimum absolute atomic E-state index is 0.0110. The highest BCUT2D eigenvalue weighted by Crippen LogP contribution is 2.35. The molecule has 134 valence electrons. The Morgan fingerprint density at radius 1 is 1.40 bits per heavy atom. The number of carbonyl (C=O) groups excluding carboxylic acids is 1. The second-order valence-corrected chi connectivity index (χ2v) is 7.86. The number of amides is 1. The fraction of sp³-hybridized carbons (Fsp3) is 0.412. The van der Waals surface area contributed by atoms with Crippen LogP contribution >= 0.6 is 0 Å². The van der Waals surface area contributed by atoms with Gasteiger partial charge < -0.3 is 9.26 Å². The molecule has 1 aliphatic rings. The number of aromatic nitrogens is 1. The third kappa shape index (κ3) is 4.39. The van der Waals surface area contributed by atoms with Crippen molar-refractivity contribution in [1.29, 1.82) is 0 Å². The highest BCUT2D eigenvalue weighted by molar-refractivity contribution is 7.89. The highest BCUT2D eigenvalue weighted by atomic mass is 32.2. The third-order valence-electron chi connectivity index (χ3n) is 4.32. The zero-order chi connectivity index (χ0) is 17.9. The van der Waals surface area contributed by atoms with E-state index in [2.05, 4.69) is 14.4 Å². The number of sulfonamides is 1. The Labute approximate surface area is 146 Å². The summed E-state index contributed by atoms with van der Waals surface area (Å²) in [5, 5.41) is 3.55. The minimum atomic E-state index is -3.78. The third-order valence-corrected chi connectivity index (χ3v) is 5.53. The summed E-state index contributed by atoms with van der Waals surface area (Å²) in [5.74, 6) is -0.0821. The Morgan fingerprint density at radius 2 is 2.24 bits per heavy atom. The van der Waals surface area contributed by atoms with Gasteiger partial charge in [0.2, 0.25) is 15.9 Å². The summed E-state index contributed by atoms with van der Waals surface area (Å²) in [7, 11) is -2.16. The van der Waals surface area contributed by atoms with Gasteiger partial charge in [0, 0.05) is 12.5 Å². The van der Waals surface area contributed by atoms with E-state index in [0.717, 1.165) is 36.1 Å². The number of fused-ring (bicyclic) bond motifs is 1. The second kappa shape index (κ2) is 7.26. The van der Waals surface area contributed by atoms with Crippen molar-refractivity contribution in [2.75, 3.05) is 7.11 Å². The summed E-state index contributed by atoms with van der Waals surface area (Å²) in [6.07, 6.45) is 4.19. The molecule has 1 aliphatic carbocycles. The van der Waals surface area contributed by atoms with Crippen molar-refractivity contribution < 1.29 is 22.5 Å². The smallest absolute Gasteiger partial charge is 0.240 e. The van der Waals surface area contributed by atoms with E-state index in [4.69, 9.17) is 4.74 Å². The highest BCUT2D eigenvalue weighted by Gasteiger charge is 2.25. The molecule has 8 heteroatoms.